The summed E-state index contributed by atoms with van der Waals surface area (Å²) in [5, 5.41) is 6.78. The standard InChI is InChI=1S/C23H25N3O3/c1-14(27)25-20(11-16-13-24-18-9-5-4-8-17(16)18)22(28)26-19-10-6-7-15-12-23(2,3)29-21(15)19/h4-10,13,20,24H,11-12H2,1-3H3,(H,25,27)(H,26,28). The third-order valence-corrected chi connectivity index (χ3v) is 5.14. The Morgan fingerprint density at radius 2 is 1.97 bits per heavy atom. The van der Waals surface area contributed by atoms with Gasteiger partial charge in [0.05, 0.1) is 5.69 Å². The number of ether oxygens (including phenoxy) is 1. The summed E-state index contributed by atoms with van der Waals surface area (Å²) in [7, 11) is 0. The summed E-state index contributed by atoms with van der Waals surface area (Å²) in [6, 6.07) is 13.0. The molecule has 1 unspecified atom stereocenters. The molecule has 0 radical (unpaired) electrons. The molecule has 1 atom stereocenters. The molecule has 2 amide bonds. The molecular formula is C23H25N3O3. The lowest BCUT2D eigenvalue weighted by Crippen LogP contribution is -2.44. The number of hydrogen-bond donors (Lipinski definition) is 3. The van der Waals surface area contributed by atoms with Crippen molar-refractivity contribution in [1.82, 2.24) is 10.3 Å². The van der Waals surface area contributed by atoms with E-state index in [2.05, 4.69) is 15.6 Å². The second-order valence-corrected chi connectivity index (χ2v) is 8.14. The number of amides is 2. The fourth-order valence-corrected chi connectivity index (χ4v) is 3.91. The molecule has 6 heteroatoms. The molecule has 1 aliphatic rings. The molecule has 4 rings (SSSR count). The molecule has 0 saturated carbocycles. The first-order chi connectivity index (χ1) is 13.8. The van der Waals surface area contributed by atoms with Gasteiger partial charge in [-0.3, -0.25) is 9.59 Å². The summed E-state index contributed by atoms with van der Waals surface area (Å²) in [5.41, 5.74) is 3.38. The molecule has 3 aromatic rings. The summed E-state index contributed by atoms with van der Waals surface area (Å²) < 4.78 is 6.04. The van der Waals surface area contributed by atoms with Crippen molar-refractivity contribution >= 4 is 28.4 Å². The Kier molecular flexibility index (Phi) is 4.78. The van der Waals surface area contributed by atoms with Gasteiger partial charge in [0.1, 0.15) is 17.4 Å². The Labute approximate surface area is 169 Å². The van der Waals surface area contributed by atoms with E-state index in [0.29, 0.717) is 17.9 Å². The molecule has 2 heterocycles. The number of carbonyl (C=O) groups excluding carboxylic acids is 2. The molecule has 1 aromatic heterocycles. The summed E-state index contributed by atoms with van der Waals surface area (Å²) in [6.07, 6.45) is 3.06. The number of anilines is 1. The highest BCUT2D eigenvalue weighted by atomic mass is 16.5. The first kappa shape index (κ1) is 19.1. The van der Waals surface area contributed by atoms with Gasteiger partial charge in [0.25, 0.3) is 0 Å². The van der Waals surface area contributed by atoms with E-state index < -0.39 is 6.04 Å². The first-order valence-electron chi connectivity index (χ1n) is 9.76. The summed E-state index contributed by atoms with van der Waals surface area (Å²) >= 11 is 0. The van der Waals surface area contributed by atoms with Crippen molar-refractivity contribution in [3.63, 3.8) is 0 Å². The van der Waals surface area contributed by atoms with Crippen LogP contribution in [-0.4, -0.2) is 28.4 Å². The third kappa shape index (κ3) is 3.97. The number of hydrogen-bond acceptors (Lipinski definition) is 3. The maximum atomic E-state index is 13.1. The van der Waals surface area contributed by atoms with Gasteiger partial charge in [-0.2, -0.15) is 0 Å². The number of carbonyl (C=O) groups is 2. The van der Waals surface area contributed by atoms with E-state index in [1.807, 2.05) is 62.5 Å². The lowest BCUT2D eigenvalue weighted by molar-refractivity contribution is -0.125. The maximum absolute atomic E-state index is 13.1. The van der Waals surface area contributed by atoms with Crippen LogP contribution in [0.2, 0.25) is 0 Å². The fraction of sp³-hybridized carbons (Fsp3) is 0.304. The van der Waals surface area contributed by atoms with E-state index in [1.165, 1.54) is 6.92 Å². The number of H-pyrrole nitrogens is 1. The molecule has 0 fully saturated rings. The monoisotopic (exact) mass is 391 g/mol. The van der Waals surface area contributed by atoms with Gasteiger partial charge in [-0.05, 0) is 31.5 Å². The smallest absolute Gasteiger partial charge is 0.247 e. The van der Waals surface area contributed by atoms with Gasteiger partial charge in [0, 0.05) is 42.4 Å². The third-order valence-electron chi connectivity index (χ3n) is 5.14. The van der Waals surface area contributed by atoms with Crippen LogP contribution in [0.15, 0.2) is 48.7 Å². The van der Waals surface area contributed by atoms with Crippen molar-refractivity contribution in [1.29, 1.82) is 0 Å². The number of fused-ring (bicyclic) bond motifs is 2. The summed E-state index contributed by atoms with van der Waals surface area (Å²) in [6.45, 7) is 5.47. The quantitative estimate of drug-likeness (QED) is 0.622. The van der Waals surface area contributed by atoms with Gasteiger partial charge in [0.15, 0.2) is 0 Å². The highest BCUT2D eigenvalue weighted by Crippen LogP contribution is 2.40. The number of nitrogens with one attached hydrogen (secondary N) is 3. The van der Waals surface area contributed by atoms with Crippen LogP contribution in [0.4, 0.5) is 5.69 Å². The fourth-order valence-electron chi connectivity index (χ4n) is 3.91. The summed E-state index contributed by atoms with van der Waals surface area (Å²) in [5.74, 6) is 0.187. The van der Waals surface area contributed by atoms with Crippen LogP contribution in [0.25, 0.3) is 10.9 Å². The van der Waals surface area contributed by atoms with Gasteiger partial charge >= 0.3 is 0 Å². The zero-order valence-electron chi connectivity index (χ0n) is 16.8. The lowest BCUT2D eigenvalue weighted by atomic mass is 10.0. The molecule has 0 aliphatic carbocycles. The highest BCUT2D eigenvalue weighted by molar-refractivity contribution is 5.99. The summed E-state index contributed by atoms with van der Waals surface area (Å²) in [4.78, 5) is 28.0. The van der Waals surface area contributed by atoms with Gasteiger partial charge in [-0.15, -0.1) is 0 Å². The molecule has 0 spiro atoms. The minimum Gasteiger partial charge on any atom is -0.485 e. The lowest BCUT2D eigenvalue weighted by Gasteiger charge is -2.20. The normalized spacial score (nSPS) is 15.4. The molecule has 0 bridgehead atoms. The van der Waals surface area contributed by atoms with Gasteiger partial charge in [-0.25, -0.2) is 0 Å². The van der Waals surface area contributed by atoms with E-state index in [0.717, 1.165) is 28.5 Å². The van der Waals surface area contributed by atoms with Gasteiger partial charge in [0.2, 0.25) is 11.8 Å². The Bertz CT molecular complexity index is 1080. The molecule has 1 aliphatic heterocycles. The van der Waals surface area contributed by atoms with Crippen LogP contribution in [0.5, 0.6) is 5.75 Å². The topological polar surface area (TPSA) is 83.2 Å². The molecular weight excluding hydrogens is 366 g/mol. The average molecular weight is 391 g/mol. The molecule has 2 aromatic carbocycles. The van der Waals surface area contributed by atoms with Crippen LogP contribution in [0.3, 0.4) is 0 Å². The second-order valence-electron chi connectivity index (χ2n) is 8.14. The zero-order chi connectivity index (χ0) is 20.6. The van der Waals surface area contributed by atoms with Crippen molar-refractivity contribution in [2.45, 2.75) is 45.3 Å². The number of aromatic nitrogens is 1. The minimum atomic E-state index is -0.697. The van der Waals surface area contributed by atoms with Crippen LogP contribution >= 0.6 is 0 Å². The first-order valence-corrected chi connectivity index (χ1v) is 9.76. The van der Waals surface area contributed by atoms with Crippen LogP contribution < -0.4 is 15.4 Å². The molecule has 3 N–H and O–H groups in total. The van der Waals surface area contributed by atoms with Gasteiger partial charge < -0.3 is 20.4 Å². The molecule has 29 heavy (non-hydrogen) atoms. The van der Waals surface area contributed by atoms with Gasteiger partial charge in [-0.1, -0.05) is 30.3 Å². The SMILES string of the molecule is CC(=O)NC(Cc1c[nH]c2ccccc12)C(=O)Nc1cccc2c1OC(C)(C)C2. The van der Waals surface area contributed by atoms with Crippen LogP contribution in [0.1, 0.15) is 31.9 Å². The van der Waals surface area contributed by atoms with Crippen molar-refractivity contribution in [2.24, 2.45) is 0 Å². The Hall–Kier alpha value is -3.28. The molecule has 0 saturated heterocycles. The molecule has 150 valence electrons. The van der Waals surface area contributed by atoms with E-state index in [-0.39, 0.29) is 17.4 Å². The average Bonchev–Trinajstić information content (AvgIpc) is 3.21. The predicted molar refractivity (Wildman–Crippen MR) is 113 cm³/mol. The zero-order valence-corrected chi connectivity index (χ0v) is 16.8. The minimum absolute atomic E-state index is 0.249. The van der Waals surface area contributed by atoms with Crippen molar-refractivity contribution in [2.75, 3.05) is 5.32 Å². The number of benzene rings is 2. The van der Waals surface area contributed by atoms with Crippen molar-refractivity contribution in [3.05, 3.63) is 59.8 Å². The van der Waals surface area contributed by atoms with E-state index in [4.69, 9.17) is 4.74 Å². The van der Waals surface area contributed by atoms with E-state index in [9.17, 15) is 9.59 Å². The Balaban J connectivity index is 1.58. The Morgan fingerprint density at radius 3 is 2.76 bits per heavy atom. The van der Waals surface area contributed by atoms with E-state index in [1.54, 1.807) is 0 Å². The highest BCUT2D eigenvalue weighted by Gasteiger charge is 2.32. The predicted octanol–water partition coefficient (Wildman–Crippen LogP) is 3.57. The Morgan fingerprint density at radius 1 is 1.17 bits per heavy atom. The molecule has 6 nitrogen and oxygen atoms in total. The van der Waals surface area contributed by atoms with Crippen LogP contribution in [0, 0.1) is 0 Å². The largest absolute Gasteiger partial charge is 0.485 e. The number of para-hydroxylation sites is 2. The van der Waals surface area contributed by atoms with Crippen molar-refractivity contribution in [3.8, 4) is 5.75 Å². The van der Waals surface area contributed by atoms with Crippen LogP contribution in [-0.2, 0) is 22.4 Å². The van der Waals surface area contributed by atoms with E-state index >= 15 is 0 Å². The number of rotatable bonds is 5. The van der Waals surface area contributed by atoms with Crippen molar-refractivity contribution < 1.29 is 14.3 Å². The maximum Gasteiger partial charge on any atom is 0.247 e. The number of aromatic amines is 1. The second kappa shape index (κ2) is 7.28.